The highest BCUT2D eigenvalue weighted by molar-refractivity contribution is 6.28. The number of anilines is 3. The molecule has 3 rings (SSSR count). The first-order valence-electron chi connectivity index (χ1n) is 6.73. The molecular formula is C14H11ClN6O3. The lowest BCUT2D eigenvalue weighted by Gasteiger charge is -2.10. The Hall–Kier alpha value is -3.20. The summed E-state index contributed by atoms with van der Waals surface area (Å²) >= 11 is 5.88. The second kappa shape index (κ2) is 6.13. The zero-order valence-corrected chi connectivity index (χ0v) is 13.1. The van der Waals surface area contributed by atoms with E-state index in [9.17, 15) is 14.7 Å². The van der Waals surface area contributed by atoms with Crippen LogP contribution in [0.25, 0.3) is 5.52 Å². The van der Waals surface area contributed by atoms with Gasteiger partial charge in [-0.1, -0.05) is 0 Å². The van der Waals surface area contributed by atoms with Crippen LogP contribution in [0.15, 0.2) is 30.6 Å². The summed E-state index contributed by atoms with van der Waals surface area (Å²) < 4.78 is 1.33. The van der Waals surface area contributed by atoms with Crippen LogP contribution in [-0.4, -0.2) is 36.6 Å². The number of carboxylic acids is 1. The number of rotatable bonds is 4. The Bertz CT molecular complexity index is 955. The van der Waals surface area contributed by atoms with E-state index in [0.29, 0.717) is 11.5 Å². The van der Waals surface area contributed by atoms with Gasteiger partial charge in [-0.2, -0.15) is 4.98 Å². The van der Waals surface area contributed by atoms with Gasteiger partial charge in [0.1, 0.15) is 11.3 Å². The van der Waals surface area contributed by atoms with Crippen molar-refractivity contribution in [2.24, 2.45) is 0 Å². The molecule has 0 aliphatic carbocycles. The van der Waals surface area contributed by atoms with Gasteiger partial charge in [-0.3, -0.25) is 4.79 Å². The van der Waals surface area contributed by atoms with Gasteiger partial charge >= 0.3 is 5.97 Å². The molecule has 3 aromatic heterocycles. The Morgan fingerprint density at radius 1 is 1.33 bits per heavy atom. The van der Waals surface area contributed by atoms with Crippen molar-refractivity contribution < 1.29 is 14.7 Å². The highest BCUT2D eigenvalue weighted by Crippen LogP contribution is 2.25. The smallest absolute Gasteiger partial charge is 0.338 e. The van der Waals surface area contributed by atoms with Crippen molar-refractivity contribution >= 4 is 46.3 Å². The molecule has 3 heterocycles. The minimum atomic E-state index is -1.11. The average molecular weight is 347 g/mol. The number of aromatic nitrogens is 4. The standard InChI is InChI=1S/C14H11ClN6O3/c1-7(22)17-10-6-8(2-4-16-10)18-12-11-9(13(23)24)3-5-21(11)20-14(15)19-12/h2-6H,1H3,(H,23,24)(H2,16,17,18,19,20,22). The van der Waals surface area contributed by atoms with E-state index in [1.54, 1.807) is 12.1 Å². The minimum absolute atomic E-state index is 0.0327. The second-order valence-electron chi connectivity index (χ2n) is 4.79. The molecule has 0 fully saturated rings. The first kappa shape index (κ1) is 15.7. The third-order valence-corrected chi connectivity index (χ3v) is 3.20. The maximum absolute atomic E-state index is 11.4. The van der Waals surface area contributed by atoms with E-state index >= 15 is 0 Å². The molecule has 0 aromatic carbocycles. The Balaban J connectivity index is 2.05. The molecule has 0 bridgehead atoms. The topological polar surface area (TPSA) is 122 Å². The molecule has 0 saturated heterocycles. The monoisotopic (exact) mass is 346 g/mol. The maximum Gasteiger partial charge on any atom is 0.338 e. The molecule has 0 aliphatic heterocycles. The molecule has 1 amide bonds. The average Bonchev–Trinajstić information content (AvgIpc) is 2.90. The number of aromatic carboxylic acids is 1. The normalized spacial score (nSPS) is 10.6. The van der Waals surface area contributed by atoms with Crippen molar-refractivity contribution in [3.63, 3.8) is 0 Å². The number of hydrogen-bond acceptors (Lipinski definition) is 6. The molecule has 0 saturated carbocycles. The quantitative estimate of drug-likeness (QED) is 0.661. The van der Waals surface area contributed by atoms with E-state index in [1.165, 1.54) is 29.9 Å². The fraction of sp³-hybridized carbons (Fsp3) is 0.0714. The van der Waals surface area contributed by atoms with Crippen LogP contribution in [0.4, 0.5) is 17.3 Å². The molecule has 0 radical (unpaired) electrons. The zero-order valence-electron chi connectivity index (χ0n) is 12.3. The van der Waals surface area contributed by atoms with Crippen LogP contribution < -0.4 is 10.6 Å². The van der Waals surface area contributed by atoms with Crippen LogP contribution in [0.2, 0.25) is 5.28 Å². The molecule has 0 spiro atoms. The third-order valence-electron chi connectivity index (χ3n) is 3.04. The Morgan fingerprint density at radius 2 is 2.12 bits per heavy atom. The van der Waals surface area contributed by atoms with Crippen LogP contribution in [0, 0.1) is 0 Å². The van der Waals surface area contributed by atoms with E-state index in [-0.39, 0.29) is 28.1 Å². The van der Waals surface area contributed by atoms with Crippen LogP contribution in [0.3, 0.4) is 0 Å². The molecule has 3 aromatic rings. The van der Waals surface area contributed by atoms with Crippen molar-refractivity contribution in [2.75, 3.05) is 10.6 Å². The molecule has 122 valence electrons. The summed E-state index contributed by atoms with van der Waals surface area (Å²) in [5, 5.41) is 18.7. The van der Waals surface area contributed by atoms with Gasteiger partial charge in [0.05, 0.1) is 5.56 Å². The number of carbonyl (C=O) groups is 2. The van der Waals surface area contributed by atoms with E-state index in [2.05, 4.69) is 25.7 Å². The lowest BCUT2D eigenvalue weighted by Crippen LogP contribution is -2.08. The second-order valence-corrected chi connectivity index (χ2v) is 5.13. The summed E-state index contributed by atoms with van der Waals surface area (Å²) in [6.45, 7) is 1.37. The number of carboxylic acid groups (broad SMARTS) is 1. The zero-order chi connectivity index (χ0) is 17.3. The van der Waals surface area contributed by atoms with E-state index in [4.69, 9.17) is 11.6 Å². The van der Waals surface area contributed by atoms with Crippen LogP contribution in [0.5, 0.6) is 0 Å². The number of halogens is 1. The molecule has 0 atom stereocenters. The molecule has 9 nitrogen and oxygen atoms in total. The van der Waals surface area contributed by atoms with Crippen LogP contribution >= 0.6 is 11.6 Å². The van der Waals surface area contributed by atoms with Gasteiger partial charge < -0.3 is 15.7 Å². The molecule has 10 heteroatoms. The summed E-state index contributed by atoms with van der Waals surface area (Å²) in [6.07, 6.45) is 2.97. The predicted octanol–water partition coefficient (Wildman–Crippen LogP) is 2.18. The van der Waals surface area contributed by atoms with E-state index in [1.807, 2.05) is 0 Å². The van der Waals surface area contributed by atoms with Crippen LogP contribution in [-0.2, 0) is 4.79 Å². The Morgan fingerprint density at radius 3 is 2.83 bits per heavy atom. The fourth-order valence-corrected chi connectivity index (χ4v) is 2.32. The van der Waals surface area contributed by atoms with Crippen molar-refractivity contribution in [2.45, 2.75) is 6.92 Å². The molecular weight excluding hydrogens is 336 g/mol. The van der Waals surface area contributed by atoms with Gasteiger partial charge in [0, 0.05) is 31.1 Å². The highest BCUT2D eigenvalue weighted by atomic mass is 35.5. The summed E-state index contributed by atoms with van der Waals surface area (Å²) in [7, 11) is 0. The summed E-state index contributed by atoms with van der Waals surface area (Å²) in [6, 6.07) is 4.63. The predicted molar refractivity (Wildman–Crippen MR) is 86.8 cm³/mol. The highest BCUT2D eigenvalue weighted by Gasteiger charge is 2.17. The number of carbonyl (C=O) groups excluding carboxylic acids is 1. The van der Waals surface area contributed by atoms with Gasteiger partial charge in [0.2, 0.25) is 11.2 Å². The Kier molecular flexibility index (Phi) is 4.00. The van der Waals surface area contributed by atoms with Crippen molar-refractivity contribution in [1.29, 1.82) is 0 Å². The summed E-state index contributed by atoms with van der Waals surface area (Å²) in [5.41, 5.74) is 0.845. The first-order chi connectivity index (χ1) is 11.4. The minimum Gasteiger partial charge on any atom is -0.478 e. The third kappa shape index (κ3) is 3.10. The maximum atomic E-state index is 11.4. The number of hydrogen-bond donors (Lipinski definition) is 3. The molecule has 3 N–H and O–H groups in total. The van der Waals surface area contributed by atoms with Crippen molar-refractivity contribution in [3.05, 3.63) is 41.4 Å². The SMILES string of the molecule is CC(=O)Nc1cc(Nc2nc(Cl)nn3ccc(C(=O)O)c23)ccn1. The largest absolute Gasteiger partial charge is 0.478 e. The van der Waals surface area contributed by atoms with E-state index in [0.717, 1.165) is 0 Å². The first-order valence-corrected chi connectivity index (χ1v) is 7.10. The van der Waals surface area contributed by atoms with Crippen LogP contribution in [0.1, 0.15) is 17.3 Å². The number of nitrogens with one attached hydrogen (secondary N) is 2. The molecule has 0 unspecified atom stereocenters. The molecule has 0 aliphatic rings. The van der Waals surface area contributed by atoms with Gasteiger partial charge in [-0.25, -0.2) is 14.3 Å². The van der Waals surface area contributed by atoms with Crippen molar-refractivity contribution in [3.8, 4) is 0 Å². The molecule has 24 heavy (non-hydrogen) atoms. The Labute approximate surface area is 140 Å². The van der Waals surface area contributed by atoms with Crippen molar-refractivity contribution in [1.82, 2.24) is 19.6 Å². The summed E-state index contributed by atoms with van der Waals surface area (Å²) in [5.74, 6) is -0.804. The van der Waals surface area contributed by atoms with Gasteiger partial charge in [-0.05, 0) is 23.7 Å². The number of pyridine rings is 1. The number of amides is 1. The van der Waals surface area contributed by atoms with Gasteiger partial charge in [0.15, 0.2) is 5.82 Å². The fourth-order valence-electron chi connectivity index (χ4n) is 2.15. The number of nitrogens with zero attached hydrogens (tertiary/aromatic N) is 4. The lowest BCUT2D eigenvalue weighted by atomic mass is 10.2. The summed E-state index contributed by atoms with van der Waals surface area (Å²) in [4.78, 5) is 30.5. The number of fused-ring (bicyclic) bond motifs is 1. The van der Waals surface area contributed by atoms with Gasteiger partial charge in [-0.15, -0.1) is 5.10 Å². The van der Waals surface area contributed by atoms with E-state index < -0.39 is 5.97 Å². The lowest BCUT2D eigenvalue weighted by molar-refractivity contribution is -0.114. The van der Waals surface area contributed by atoms with Gasteiger partial charge in [0.25, 0.3) is 0 Å².